The Balaban J connectivity index is 1.37. The minimum atomic E-state index is -0.0457. The van der Waals surface area contributed by atoms with Crippen molar-refractivity contribution in [2.45, 2.75) is 64.5 Å². The van der Waals surface area contributed by atoms with Crippen LogP contribution in [0.5, 0.6) is 0 Å². The number of amides is 2. The predicted octanol–water partition coefficient (Wildman–Crippen LogP) is 3.82. The third kappa shape index (κ3) is 2.77. The van der Waals surface area contributed by atoms with Gasteiger partial charge in [0.05, 0.1) is 0 Å². The van der Waals surface area contributed by atoms with Crippen LogP contribution in [0.15, 0.2) is 36.5 Å². The summed E-state index contributed by atoms with van der Waals surface area (Å²) in [7, 11) is 1.97. The summed E-state index contributed by atoms with van der Waals surface area (Å²) >= 11 is 0. The van der Waals surface area contributed by atoms with E-state index in [1.165, 1.54) is 19.3 Å². The van der Waals surface area contributed by atoms with Crippen molar-refractivity contribution in [2.24, 2.45) is 28.6 Å². The van der Waals surface area contributed by atoms with Crippen molar-refractivity contribution in [3.8, 4) is 0 Å². The number of carbonyl (C=O) groups excluding carboxylic acids is 2. The van der Waals surface area contributed by atoms with E-state index in [0.717, 1.165) is 19.3 Å². The number of likely N-dealkylation sites (N-methyl/N-ethyl adjacent to an activating group) is 1. The van der Waals surface area contributed by atoms with Crippen LogP contribution in [0.2, 0.25) is 0 Å². The lowest BCUT2D eigenvalue weighted by atomic mass is 9.48. The Morgan fingerprint density at radius 2 is 1.97 bits per heavy atom. The molecule has 0 unspecified atom stereocenters. The van der Waals surface area contributed by atoms with E-state index >= 15 is 0 Å². The second kappa shape index (κ2) is 6.93. The Bertz CT molecular complexity index is 884. The van der Waals surface area contributed by atoms with Crippen LogP contribution in [0.4, 0.5) is 0 Å². The second-order valence-electron chi connectivity index (χ2n) is 10.5. The van der Waals surface area contributed by atoms with Gasteiger partial charge in [-0.25, -0.2) is 0 Å². The standard InChI is InChI=1S/C25H33N3O2/c1-24-13-11-18-16(7-10-21-25(18,2)14-12-22(29)28(21)3)17(24)8-9-20(24)27-23(30)19-6-4-5-15-26-19/h4-6,12,14-18,20-21H,7-11,13H2,1-3H3,(H,27,30)/t16-,17-,18-,20-,21+,24-,25+/m0/s1. The number of hydrogen-bond donors (Lipinski definition) is 1. The summed E-state index contributed by atoms with van der Waals surface area (Å²) in [5, 5.41) is 3.34. The van der Waals surface area contributed by atoms with Crippen LogP contribution in [-0.4, -0.2) is 40.8 Å². The fourth-order valence-corrected chi connectivity index (χ4v) is 7.70. The van der Waals surface area contributed by atoms with Crippen molar-refractivity contribution in [3.63, 3.8) is 0 Å². The summed E-state index contributed by atoms with van der Waals surface area (Å²) in [5.41, 5.74) is 0.725. The Labute approximate surface area is 179 Å². The fraction of sp³-hybridized carbons (Fsp3) is 0.640. The molecule has 1 N–H and O–H groups in total. The molecule has 5 heteroatoms. The number of rotatable bonds is 2. The highest BCUT2D eigenvalue weighted by molar-refractivity contribution is 5.92. The molecule has 0 saturated heterocycles. The quantitative estimate of drug-likeness (QED) is 0.811. The number of hydrogen-bond acceptors (Lipinski definition) is 3. The average molecular weight is 408 g/mol. The molecule has 5 nitrogen and oxygen atoms in total. The second-order valence-corrected chi connectivity index (χ2v) is 10.5. The number of aromatic nitrogens is 1. The molecule has 0 spiro atoms. The van der Waals surface area contributed by atoms with Crippen molar-refractivity contribution in [3.05, 3.63) is 42.2 Å². The molecule has 7 atom stereocenters. The van der Waals surface area contributed by atoms with Crippen LogP contribution in [0.3, 0.4) is 0 Å². The summed E-state index contributed by atoms with van der Waals surface area (Å²) in [6, 6.07) is 6.03. The zero-order chi connectivity index (χ0) is 21.1. The smallest absolute Gasteiger partial charge is 0.270 e. The summed E-state index contributed by atoms with van der Waals surface area (Å²) in [5.74, 6) is 2.03. The third-order valence-electron chi connectivity index (χ3n) is 9.33. The van der Waals surface area contributed by atoms with E-state index in [-0.39, 0.29) is 28.7 Å². The number of fused-ring (bicyclic) bond motifs is 5. The summed E-state index contributed by atoms with van der Waals surface area (Å²) in [6.07, 6.45) is 12.5. The van der Waals surface area contributed by atoms with Gasteiger partial charge in [0.25, 0.3) is 5.91 Å². The molecule has 2 heterocycles. The number of pyridine rings is 1. The van der Waals surface area contributed by atoms with E-state index < -0.39 is 0 Å². The monoisotopic (exact) mass is 407 g/mol. The predicted molar refractivity (Wildman–Crippen MR) is 116 cm³/mol. The first-order valence-corrected chi connectivity index (χ1v) is 11.5. The van der Waals surface area contributed by atoms with Gasteiger partial charge in [0.1, 0.15) is 5.69 Å². The van der Waals surface area contributed by atoms with Gasteiger partial charge < -0.3 is 10.2 Å². The van der Waals surface area contributed by atoms with Crippen molar-refractivity contribution < 1.29 is 9.59 Å². The van der Waals surface area contributed by atoms with Gasteiger partial charge in [0.15, 0.2) is 0 Å². The SMILES string of the molecule is CN1C(=O)C=C[C@]2(C)[C@H]3CC[C@]4(C)[C@@H](NC(=O)c5ccccn5)CC[C@H]4[C@@H]3CC[C@@H]12. The van der Waals surface area contributed by atoms with Gasteiger partial charge >= 0.3 is 0 Å². The van der Waals surface area contributed by atoms with E-state index in [9.17, 15) is 9.59 Å². The molecule has 2 amide bonds. The lowest BCUT2D eigenvalue weighted by Gasteiger charge is -2.60. The normalized spacial score (nSPS) is 42.3. The Hall–Kier alpha value is -2.17. The minimum absolute atomic E-state index is 0.0457. The first kappa shape index (κ1) is 19.8. The average Bonchev–Trinajstić information content (AvgIpc) is 3.08. The molecule has 160 valence electrons. The summed E-state index contributed by atoms with van der Waals surface area (Å²) in [6.45, 7) is 4.79. The molecule has 3 aliphatic carbocycles. The summed E-state index contributed by atoms with van der Waals surface area (Å²) in [4.78, 5) is 31.2. The van der Waals surface area contributed by atoms with E-state index in [0.29, 0.717) is 29.5 Å². The maximum atomic E-state index is 12.8. The minimum Gasteiger partial charge on any atom is -0.347 e. The Kier molecular flexibility index (Phi) is 4.57. The molecule has 4 aliphatic rings. The Morgan fingerprint density at radius 1 is 1.13 bits per heavy atom. The number of carbonyl (C=O) groups is 2. The third-order valence-corrected chi connectivity index (χ3v) is 9.33. The molecule has 1 aromatic rings. The molecular weight excluding hydrogens is 374 g/mol. The molecule has 0 bridgehead atoms. The van der Waals surface area contributed by atoms with Crippen LogP contribution in [0.1, 0.15) is 62.9 Å². The van der Waals surface area contributed by atoms with Crippen molar-refractivity contribution >= 4 is 11.8 Å². The van der Waals surface area contributed by atoms with Crippen molar-refractivity contribution in [1.82, 2.24) is 15.2 Å². The molecule has 1 aliphatic heterocycles. The molecule has 3 fully saturated rings. The van der Waals surface area contributed by atoms with Crippen LogP contribution in [0.25, 0.3) is 0 Å². The highest BCUT2D eigenvalue weighted by Crippen LogP contribution is 2.63. The van der Waals surface area contributed by atoms with E-state index in [4.69, 9.17) is 0 Å². The number of nitrogens with zero attached hydrogens (tertiary/aromatic N) is 2. The molecule has 0 aromatic carbocycles. The highest BCUT2D eigenvalue weighted by atomic mass is 16.2. The summed E-state index contributed by atoms with van der Waals surface area (Å²) < 4.78 is 0. The molecule has 1 aromatic heterocycles. The zero-order valence-electron chi connectivity index (χ0n) is 18.3. The van der Waals surface area contributed by atoms with Crippen LogP contribution >= 0.6 is 0 Å². The van der Waals surface area contributed by atoms with Crippen molar-refractivity contribution in [1.29, 1.82) is 0 Å². The van der Waals surface area contributed by atoms with E-state index in [1.807, 2.05) is 24.1 Å². The molecular formula is C25H33N3O2. The van der Waals surface area contributed by atoms with Gasteiger partial charge in [-0.3, -0.25) is 14.6 Å². The first-order valence-electron chi connectivity index (χ1n) is 11.5. The molecule has 3 saturated carbocycles. The highest BCUT2D eigenvalue weighted by Gasteiger charge is 2.60. The maximum absolute atomic E-state index is 12.8. The largest absolute Gasteiger partial charge is 0.347 e. The lowest BCUT2D eigenvalue weighted by molar-refractivity contribution is -0.138. The molecule has 30 heavy (non-hydrogen) atoms. The van der Waals surface area contributed by atoms with Gasteiger partial charge in [-0.15, -0.1) is 0 Å². The lowest BCUT2D eigenvalue weighted by Crippen LogP contribution is -2.60. The fourth-order valence-electron chi connectivity index (χ4n) is 7.70. The Morgan fingerprint density at radius 3 is 2.73 bits per heavy atom. The van der Waals surface area contributed by atoms with Gasteiger partial charge in [0, 0.05) is 30.7 Å². The van der Waals surface area contributed by atoms with E-state index in [1.54, 1.807) is 18.3 Å². The zero-order valence-corrected chi connectivity index (χ0v) is 18.3. The maximum Gasteiger partial charge on any atom is 0.270 e. The van der Waals surface area contributed by atoms with Crippen LogP contribution < -0.4 is 5.32 Å². The van der Waals surface area contributed by atoms with E-state index in [2.05, 4.69) is 30.2 Å². The molecule has 5 rings (SSSR count). The van der Waals surface area contributed by atoms with Crippen molar-refractivity contribution in [2.75, 3.05) is 7.05 Å². The van der Waals surface area contributed by atoms with Gasteiger partial charge in [-0.1, -0.05) is 26.0 Å². The first-order chi connectivity index (χ1) is 14.3. The van der Waals surface area contributed by atoms with Crippen LogP contribution in [0, 0.1) is 28.6 Å². The van der Waals surface area contributed by atoms with Crippen LogP contribution in [-0.2, 0) is 4.79 Å². The van der Waals surface area contributed by atoms with Gasteiger partial charge in [-0.05, 0) is 79.9 Å². The molecule has 0 radical (unpaired) electrons. The topological polar surface area (TPSA) is 62.3 Å². The van der Waals surface area contributed by atoms with Gasteiger partial charge in [0.2, 0.25) is 5.91 Å². The number of nitrogens with one attached hydrogen (secondary N) is 1. The van der Waals surface area contributed by atoms with Gasteiger partial charge in [-0.2, -0.15) is 0 Å².